The molecule has 8 rings (SSSR count). The minimum Gasteiger partial charge on any atom is -0.310 e. The maximum absolute atomic E-state index is 9.46. The number of hydrogen-bond acceptors (Lipinski definition) is 2. The maximum Gasteiger partial charge on any atom is 0.0991 e. The van der Waals surface area contributed by atoms with Crippen molar-refractivity contribution in [3.63, 3.8) is 0 Å². The van der Waals surface area contributed by atoms with Gasteiger partial charge in [0.25, 0.3) is 0 Å². The lowest BCUT2D eigenvalue weighted by molar-refractivity contribution is 0.630. The van der Waals surface area contributed by atoms with E-state index in [-0.39, 0.29) is 5.41 Å². The Labute approximate surface area is 239 Å². The van der Waals surface area contributed by atoms with Crippen LogP contribution in [0.3, 0.4) is 0 Å². The van der Waals surface area contributed by atoms with Crippen molar-refractivity contribution < 1.29 is 0 Å². The third kappa shape index (κ3) is 3.31. The molecule has 0 spiro atoms. The molecule has 1 aliphatic rings. The van der Waals surface area contributed by atoms with Crippen LogP contribution in [0.5, 0.6) is 0 Å². The summed E-state index contributed by atoms with van der Waals surface area (Å²) in [5.41, 5.74) is 10.2. The normalized spacial score (nSPS) is 13.3. The molecule has 0 N–H and O–H groups in total. The number of nitriles is 1. The molecule has 3 heteroatoms. The number of para-hydroxylation sites is 2. The summed E-state index contributed by atoms with van der Waals surface area (Å²) in [6.07, 6.45) is 0. The van der Waals surface area contributed by atoms with Crippen molar-refractivity contribution in [2.24, 2.45) is 0 Å². The highest BCUT2D eigenvalue weighted by molar-refractivity contribution is 6.13. The van der Waals surface area contributed by atoms with Gasteiger partial charge in [-0.05, 0) is 71.1 Å². The number of aromatic nitrogens is 1. The molecule has 1 aromatic heterocycles. The first-order valence-electron chi connectivity index (χ1n) is 14.0. The molecule has 0 radical (unpaired) electrons. The average molecular weight is 526 g/mol. The fraction of sp³-hybridized carbons (Fsp3) is 0.0789. The molecule has 0 bridgehead atoms. The van der Waals surface area contributed by atoms with Crippen LogP contribution in [0, 0.1) is 11.3 Å². The first-order chi connectivity index (χ1) is 20.1. The van der Waals surface area contributed by atoms with Gasteiger partial charge in [-0.15, -0.1) is 0 Å². The second kappa shape index (κ2) is 8.58. The van der Waals surface area contributed by atoms with Crippen LogP contribution in [0.4, 0.5) is 17.1 Å². The molecule has 0 saturated heterocycles. The Morgan fingerprint density at radius 2 is 1.32 bits per heavy atom. The van der Waals surface area contributed by atoms with Crippen LogP contribution in [0.2, 0.25) is 0 Å². The van der Waals surface area contributed by atoms with Crippen molar-refractivity contribution >= 4 is 49.6 Å². The molecule has 0 fully saturated rings. The second-order valence-electron chi connectivity index (χ2n) is 11.4. The van der Waals surface area contributed by atoms with Crippen LogP contribution in [0.15, 0.2) is 127 Å². The van der Waals surface area contributed by atoms with Crippen molar-refractivity contribution in [2.75, 3.05) is 4.90 Å². The number of hydrogen-bond donors (Lipinski definition) is 0. The molecule has 6 aromatic carbocycles. The number of benzene rings is 6. The molecule has 0 atom stereocenters. The van der Waals surface area contributed by atoms with Gasteiger partial charge < -0.3 is 9.47 Å². The summed E-state index contributed by atoms with van der Waals surface area (Å²) in [5, 5.41) is 14.3. The maximum atomic E-state index is 9.46. The summed E-state index contributed by atoms with van der Waals surface area (Å²) in [6.45, 7) is 4.67. The predicted molar refractivity (Wildman–Crippen MR) is 170 cm³/mol. The summed E-state index contributed by atoms with van der Waals surface area (Å²) < 4.78 is 2.45. The molecule has 194 valence electrons. The third-order valence-corrected chi connectivity index (χ3v) is 8.78. The van der Waals surface area contributed by atoms with Gasteiger partial charge in [-0.2, -0.15) is 5.26 Å². The number of rotatable bonds is 3. The molecule has 0 saturated carbocycles. The van der Waals surface area contributed by atoms with Gasteiger partial charge in [0.15, 0.2) is 0 Å². The highest BCUT2D eigenvalue weighted by Gasteiger charge is 2.34. The first-order valence-corrected chi connectivity index (χ1v) is 14.0. The molecular weight excluding hydrogens is 498 g/mol. The molecule has 0 unspecified atom stereocenters. The van der Waals surface area contributed by atoms with E-state index in [2.05, 4.69) is 133 Å². The molecule has 1 aliphatic heterocycles. The summed E-state index contributed by atoms with van der Waals surface area (Å²) >= 11 is 0. The third-order valence-electron chi connectivity index (χ3n) is 8.78. The zero-order chi connectivity index (χ0) is 27.7. The van der Waals surface area contributed by atoms with Crippen LogP contribution >= 0.6 is 0 Å². The average Bonchev–Trinajstić information content (AvgIpc) is 3.35. The van der Waals surface area contributed by atoms with E-state index in [4.69, 9.17) is 0 Å². The van der Waals surface area contributed by atoms with E-state index in [1.54, 1.807) is 0 Å². The largest absolute Gasteiger partial charge is 0.310 e. The van der Waals surface area contributed by atoms with Gasteiger partial charge in [0.1, 0.15) is 0 Å². The standard InChI is InChI=1S/C38H27N3/c1-38(2)32-13-5-6-15-36(32)41-35-22-21-28(23-31(35)30-12-8-14-33(38)37(30)41)40(27-19-17-25(24-39)18-20-27)34-16-7-10-26-9-3-4-11-29(26)34/h3-23H,1-2H3. The van der Waals surface area contributed by atoms with Crippen LogP contribution in [-0.2, 0) is 5.41 Å². The van der Waals surface area contributed by atoms with Crippen molar-refractivity contribution in [1.82, 2.24) is 4.57 Å². The second-order valence-corrected chi connectivity index (χ2v) is 11.4. The first kappa shape index (κ1) is 23.5. The van der Waals surface area contributed by atoms with Crippen LogP contribution in [-0.4, -0.2) is 4.57 Å². The fourth-order valence-corrected chi connectivity index (χ4v) is 6.81. The molecular formula is C38H27N3. The number of fused-ring (bicyclic) bond motifs is 6. The van der Waals surface area contributed by atoms with E-state index in [1.807, 2.05) is 24.3 Å². The Kier molecular flexibility index (Phi) is 4.93. The Morgan fingerprint density at radius 1 is 0.634 bits per heavy atom. The summed E-state index contributed by atoms with van der Waals surface area (Å²) in [5.74, 6) is 0. The van der Waals surface area contributed by atoms with E-state index in [0.717, 1.165) is 17.1 Å². The zero-order valence-electron chi connectivity index (χ0n) is 23.0. The van der Waals surface area contributed by atoms with Gasteiger partial charge in [0.2, 0.25) is 0 Å². The SMILES string of the molecule is CC1(C)c2ccccc2-n2c3ccc(N(c4ccc(C#N)cc4)c4cccc5ccccc45)cc3c3cccc1c32. The van der Waals surface area contributed by atoms with Crippen molar-refractivity contribution in [3.05, 3.63) is 144 Å². The smallest absolute Gasteiger partial charge is 0.0991 e. The van der Waals surface area contributed by atoms with Gasteiger partial charge in [-0.25, -0.2) is 0 Å². The van der Waals surface area contributed by atoms with E-state index < -0.39 is 0 Å². The lowest BCUT2D eigenvalue weighted by atomic mass is 9.75. The lowest BCUT2D eigenvalue weighted by Crippen LogP contribution is -2.26. The highest BCUT2D eigenvalue weighted by Crippen LogP contribution is 2.48. The van der Waals surface area contributed by atoms with Crippen molar-refractivity contribution in [3.8, 4) is 11.8 Å². The predicted octanol–water partition coefficient (Wildman–Crippen LogP) is 9.92. The number of nitrogens with zero attached hydrogens (tertiary/aromatic N) is 3. The quantitative estimate of drug-likeness (QED) is 0.230. The topological polar surface area (TPSA) is 32.0 Å². The van der Waals surface area contributed by atoms with Crippen molar-refractivity contribution in [1.29, 1.82) is 5.26 Å². The van der Waals surface area contributed by atoms with E-state index in [1.165, 1.54) is 49.4 Å². The highest BCUT2D eigenvalue weighted by atomic mass is 15.1. The van der Waals surface area contributed by atoms with Crippen LogP contribution in [0.1, 0.15) is 30.5 Å². The van der Waals surface area contributed by atoms with Gasteiger partial charge in [0, 0.05) is 32.9 Å². The van der Waals surface area contributed by atoms with Crippen LogP contribution in [0.25, 0.3) is 38.3 Å². The van der Waals surface area contributed by atoms with Gasteiger partial charge in [-0.1, -0.05) is 86.6 Å². The van der Waals surface area contributed by atoms with Crippen molar-refractivity contribution in [2.45, 2.75) is 19.3 Å². The van der Waals surface area contributed by atoms with Crippen LogP contribution < -0.4 is 4.90 Å². The van der Waals surface area contributed by atoms with E-state index in [0.29, 0.717) is 5.56 Å². The monoisotopic (exact) mass is 525 g/mol. The fourth-order valence-electron chi connectivity index (χ4n) is 6.81. The number of anilines is 3. The minimum absolute atomic E-state index is 0.0964. The van der Waals surface area contributed by atoms with E-state index in [9.17, 15) is 5.26 Å². The summed E-state index contributed by atoms with van der Waals surface area (Å²) in [4.78, 5) is 2.31. The van der Waals surface area contributed by atoms with Gasteiger partial charge >= 0.3 is 0 Å². The lowest BCUT2D eigenvalue weighted by Gasteiger charge is -2.34. The minimum atomic E-state index is -0.0964. The van der Waals surface area contributed by atoms with Gasteiger partial charge in [-0.3, -0.25) is 0 Å². The van der Waals surface area contributed by atoms with Gasteiger partial charge in [0.05, 0.1) is 34.0 Å². The molecule has 7 aromatic rings. The summed E-state index contributed by atoms with van der Waals surface area (Å²) in [7, 11) is 0. The Morgan fingerprint density at radius 3 is 2.17 bits per heavy atom. The molecule has 41 heavy (non-hydrogen) atoms. The molecule has 0 amide bonds. The zero-order valence-corrected chi connectivity index (χ0v) is 23.0. The Balaban J connectivity index is 1.44. The Bertz CT molecular complexity index is 2190. The van der Waals surface area contributed by atoms with E-state index >= 15 is 0 Å². The summed E-state index contributed by atoms with van der Waals surface area (Å²) in [6, 6.07) is 47.5. The molecule has 3 nitrogen and oxygen atoms in total. The Hall–Kier alpha value is -5.33. The molecule has 2 heterocycles. The molecule has 0 aliphatic carbocycles.